The van der Waals surface area contributed by atoms with E-state index in [1.165, 1.54) is 50.6 Å². The van der Waals surface area contributed by atoms with Gasteiger partial charge in [0.2, 0.25) is 0 Å². The van der Waals surface area contributed by atoms with E-state index in [1.807, 2.05) is 4.68 Å². The van der Waals surface area contributed by atoms with Gasteiger partial charge >= 0.3 is 0 Å². The zero-order valence-electron chi connectivity index (χ0n) is 13.3. The van der Waals surface area contributed by atoms with Crippen molar-refractivity contribution in [2.45, 2.75) is 65.2 Å². The van der Waals surface area contributed by atoms with Gasteiger partial charge in [-0.2, -0.15) is 5.10 Å². The van der Waals surface area contributed by atoms with E-state index in [9.17, 15) is 0 Å². The average Bonchev–Trinajstić information content (AvgIpc) is 2.76. The molecule has 20 heavy (non-hydrogen) atoms. The Morgan fingerprint density at radius 1 is 1.40 bits per heavy atom. The minimum atomic E-state index is 0.310. The monoisotopic (exact) mass is 296 g/mol. The molecule has 1 aromatic heterocycles. The van der Waals surface area contributed by atoms with Crippen molar-refractivity contribution in [3.05, 3.63) is 17.5 Å². The number of hydrogen-bond acceptors (Lipinski definition) is 1. The highest BCUT2D eigenvalue weighted by Gasteiger charge is 2.35. The number of unbranched alkanes of at least 4 members (excludes halogenated alkanes) is 1. The topological polar surface area (TPSA) is 17.8 Å². The molecular formula is C17H29ClN2. The fourth-order valence-electron chi connectivity index (χ4n) is 3.64. The quantitative estimate of drug-likeness (QED) is 0.684. The number of aromatic nitrogens is 2. The number of nitrogens with zero attached hydrogens (tertiary/aromatic N) is 2. The molecule has 0 aromatic carbocycles. The van der Waals surface area contributed by atoms with Crippen LogP contribution >= 0.6 is 11.6 Å². The average molecular weight is 297 g/mol. The third kappa shape index (κ3) is 3.78. The van der Waals surface area contributed by atoms with E-state index in [1.54, 1.807) is 0 Å². The van der Waals surface area contributed by atoms with E-state index in [2.05, 4.69) is 32.1 Å². The lowest BCUT2D eigenvalue weighted by Gasteiger charge is -2.39. The van der Waals surface area contributed by atoms with E-state index in [0.717, 1.165) is 23.9 Å². The van der Waals surface area contributed by atoms with Crippen LogP contribution in [0.25, 0.3) is 0 Å². The van der Waals surface area contributed by atoms with Crippen LogP contribution in [0.4, 0.5) is 0 Å². The van der Waals surface area contributed by atoms with Gasteiger partial charge in [0.05, 0.1) is 5.69 Å². The summed E-state index contributed by atoms with van der Waals surface area (Å²) in [5, 5.41) is 4.47. The highest BCUT2D eigenvalue weighted by Crippen LogP contribution is 2.43. The second-order valence-corrected chi connectivity index (χ2v) is 7.06. The summed E-state index contributed by atoms with van der Waals surface area (Å²) in [5.41, 5.74) is 2.77. The van der Waals surface area contributed by atoms with Crippen LogP contribution < -0.4 is 0 Å². The molecule has 0 aliphatic heterocycles. The van der Waals surface area contributed by atoms with Crippen molar-refractivity contribution in [3.63, 3.8) is 0 Å². The highest BCUT2D eigenvalue weighted by atomic mass is 35.5. The molecule has 0 amide bonds. The Bertz CT molecular complexity index is 417. The van der Waals surface area contributed by atoms with Gasteiger partial charge in [-0.3, -0.25) is 4.68 Å². The van der Waals surface area contributed by atoms with Crippen LogP contribution in [0, 0.1) is 18.3 Å². The molecule has 2 rings (SSSR count). The van der Waals surface area contributed by atoms with Gasteiger partial charge in [0.1, 0.15) is 0 Å². The summed E-state index contributed by atoms with van der Waals surface area (Å²) in [5.74, 6) is 1.73. The van der Waals surface area contributed by atoms with Crippen LogP contribution in [-0.2, 0) is 13.5 Å². The Balaban J connectivity index is 1.96. The number of halogens is 1. The van der Waals surface area contributed by atoms with Crippen LogP contribution in [0.3, 0.4) is 0 Å². The van der Waals surface area contributed by atoms with Crippen LogP contribution in [0.5, 0.6) is 0 Å². The first kappa shape index (κ1) is 15.9. The molecule has 0 saturated heterocycles. The van der Waals surface area contributed by atoms with Crippen LogP contribution in [0.15, 0.2) is 6.07 Å². The third-order valence-corrected chi connectivity index (χ3v) is 5.64. The van der Waals surface area contributed by atoms with E-state index in [0.29, 0.717) is 5.41 Å². The van der Waals surface area contributed by atoms with Crippen molar-refractivity contribution in [2.75, 3.05) is 5.88 Å². The summed E-state index contributed by atoms with van der Waals surface area (Å²) >= 11 is 6.37. The second kappa shape index (κ2) is 6.98. The van der Waals surface area contributed by atoms with Crippen molar-refractivity contribution in [1.29, 1.82) is 0 Å². The maximum absolute atomic E-state index is 6.37. The molecule has 1 aliphatic carbocycles. The molecule has 1 saturated carbocycles. The molecule has 0 unspecified atom stereocenters. The molecule has 114 valence electrons. The minimum absolute atomic E-state index is 0.310. The fourth-order valence-corrected chi connectivity index (χ4v) is 4.00. The Hall–Kier alpha value is -0.500. The van der Waals surface area contributed by atoms with Gasteiger partial charge in [-0.05, 0) is 56.4 Å². The molecule has 1 heterocycles. The molecule has 0 spiro atoms. The van der Waals surface area contributed by atoms with E-state index >= 15 is 0 Å². The van der Waals surface area contributed by atoms with Gasteiger partial charge in [-0.1, -0.05) is 26.2 Å². The Morgan fingerprint density at radius 2 is 2.10 bits per heavy atom. The van der Waals surface area contributed by atoms with Crippen molar-refractivity contribution in [3.8, 4) is 0 Å². The molecule has 0 bridgehead atoms. The largest absolute Gasteiger partial charge is 0.272 e. The molecule has 1 aromatic rings. The smallest absolute Gasteiger partial charge is 0.0596 e. The lowest BCUT2D eigenvalue weighted by molar-refractivity contribution is 0.163. The number of aryl methyl sites for hydroxylation is 2. The van der Waals surface area contributed by atoms with Crippen molar-refractivity contribution in [2.24, 2.45) is 18.4 Å². The normalized spacial score (nSPS) is 26.9. The number of alkyl halides is 1. The Kier molecular flexibility index (Phi) is 5.54. The summed E-state index contributed by atoms with van der Waals surface area (Å²) in [6, 6.07) is 2.22. The van der Waals surface area contributed by atoms with Gasteiger partial charge in [-0.15, -0.1) is 11.6 Å². The van der Waals surface area contributed by atoms with Crippen molar-refractivity contribution >= 4 is 11.6 Å². The van der Waals surface area contributed by atoms with E-state index < -0.39 is 0 Å². The molecule has 2 nitrogen and oxygen atoms in total. The van der Waals surface area contributed by atoms with E-state index in [-0.39, 0.29) is 0 Å². The summed E-state index contributed by atoms with van der Waals surface area (Å²) < 4.78 is 2.03. The Morgan fingerprint density at radius 3 is 2.60 bits per heavy atom. The molecule has 0 atom stereocenters. The summed E-state index contributed by atoms with van der Waals surface area (Å²) in [7, 11) is 2.05. The lowest BCUT2D eigenvalue weighted by Crippen LogP contribution is -2.32. The number of rotatable bonds is 6. The predicted molar refractivity (Wildman–Crippen MR) is 86.3 cm³/mol. The molecule has 3 heteroatoms. The maximum atomic E-state index is 6.37. The summed E-state index contributed by atoms with van der Waals surface area (Å²) in [4.78, 5) is 0. The van der Waals surface area contributed by atoms with Crippen molar-refractivity contribution in [1.82, 2.24) is 9.78 Å². The van der Waals surface area contributed by atoms with Gasteiger partial charge in [0.15, 0.2) is 0 Å². The first-order valence-corrected chi connectivity index (χ1v) is 8.67. The predicted octanol–water partition coefficient (Wildman–Crippen LogP) is 4.88. The fraction of sp³-hybridized carbons (Fsp3) is 0.824. The molecule has 1 fully saturated rings. The molecular weight excluding hydrogens is 268 g/mol. The SMILES string of the molecule is CCCCC1CCC(CCl)(Cc2cc(C)nn2C)CC1. The second-order valence-electron chi connectivity index (χ2n) is 6.80. The molecule has 0 radical (unpaired) electrons. The van der Waals surface area contributed by atoms with Crippen molar-refractivity contribution < 1.29 is 0 Å². The first-order chi connectivity index (χ1) is 9.58. The number of hydrogen-bond donors (Lipinski definition) is 0. The first-order valence-electron chi connectivity index (χ1n) is 8.14. The van der Waals surface area contributed by atoms with Crippen LogP contribution in [0.2, 0.25) is 0 Å². The maximum Gasteiger partial charge on any atom is 0.0596 e. The molecule has 0 N–H and O–H groups in total. The zero-order valence-corrected chi connectivity index (χ0v) is 14.0. The van der Waals surface area contributed by atoms with Gasteiger partial charge in [0.25, 0.3) is 0 Å². The highest BCUT2D eigenvalue weighted by molar-refractivity contribution is 6.18. The van der Waals surface area contributed by atoms with Gasteiger partial charge in [0, 0.05) is 18.6 Å². The molecule has 1 aliphatic rings. The third-order valence-electron chi connectivity index (χ3n) is 5.07. The minimum Gasteiger partial charge on any atom is -0.272 e. The standard InChI is InChI=1S/C17H29ClN2/c1-4-5-6-15-7-9-17(13-18,10-8-15)12-16-11-14(2)19-20(16)3/h11,15H,4-10,12-13H2,1-3H3. The van der Waals surface area contributed by atoms with Gasteiger partial charge < -0.3 is 0 Å². The summed E-state index contributed by atoms with van der Waals surface area (Å²) in [6.45, 7) is 4.36. The lowest BCUT2D eigenvalue weighted by atomic mass is 9.68. The van der Waals surface area contributed by atoms with Crippen LogP contribution in [-0.4, -0.2) is 15.7 Å². The summed E-state index contributed by atoms with van der Waals surface area (Å²) in [6.07, 6.45) is 10.5. The van der Waals surface area contributed by atoms with Crippen LogP contribution in [0.1, 0.15) is 63.3 Å². The zero-order chi connectivity index (χ0) is 14.6. The van der Waals surface area contributed by atoms with Gasteiger partial charge in [-0.25, -0.2) is 0 Å². The van der Waals surface area contributed by atoms with E-state index in [4.69, 9.17) is 11.6 Å². The Labute approximate surface area is 128 Å².